The van der Waals surface area contributed by atoms with Gasteiger partial charge in [-0.05, 0) is 24.3 Å². The molecule has 0 radical (unpaired) electrons. The van der Waals surface area contributed by atoms with Crippen molar-refractivity contribution < 1.29 is 14.3 Å². The molecule has 0 aliphatic carbocycles. The number of nitrogens with one attached hydrogen (secondary N) is 1. The van der Waals surface area contributed by atoms with Gasteiger partial charge in [-0.15, -0.1) is 0 Å². The fourth-order valence-electron chi connectivity index (χ4n) is 1.82. The highest BCUT2D eigenvalue weighted by Gasteiger charge is 2.10. The van der Waals surface area contributed by atoms with Gasteiger partial charge in [-0.1, -0.05) is 12.1 Å². The number of aliphatic hydroxyl groups is 1. The minimum atomic E-state index is -0.391. The lowest BCUT2D eigenvalue weighted by Crippen LogP contribution is -2.25. The summed E-state index contributed by atoms with van der Waals surface area (Å²) in [6.45, 7) is 0.731. The van der Waals surface area contributed by atoms with E-state index in [9.17, 15) is 9.18 Å². The molecule has 0 bridgehead atoms. The van der Waals surface area contributed by atoms with Crippen molar-refractivity contribution in [1.82, 2.24) is 15.1 Å². The second kappa shape index (κ2) is 8.55. The Morgan fingerprint density at radius 1 is 1.36 bits per heavy atom. The molecule has 0 atom stereocenters. The van der Waals surface area contributed by atoms with E-state index in [-0.39, 0.29) is 12.5 Å². The van der Waals surface area contributed by atoms with E-state index in [2.05, 4.69) is 10.4 Å². The summed E-state index contributed by atoms with van der Waals surface area (Å²) >= 11 is 1.67. The number of carbonyl (C=O) groups is 1. The average Bonchev–Trinajstić information content (AvgIpc) is 3.01. The van der Waals surface area contributed by atoms with Crippen LogP contribution in [-0.4, -0.2) is 45.5 Å². The zero-order valence-electron chi connectivity index (χ0n) is 12.0. The van der Waals surface area contributed by atoms with Gasteiger partial charge in [0, 0.05) is 25.1 Å². The standard InChI is InChI=1S/C15H18FN3O2S/c16-13-4-1-2-5-14(13)19-11-12(10-18-19)15(21)17-6-9-22-8-3-7-20/h1-2,4-5,10-11,20H,3,6-9H2,(H,17,21). The largest absolute Gasteiger partial charge is 0.396 e. The summed E-state index contributed by atoms with van der Waals surface area (Å²) in [6, 6.07) is 6.26. The molecule has 1 aromatic carbocycles. The molecule has 0 spiro atoms. The lowest BCUT2D eigenvalue weighted by molar-refractivity contribution is 0.0956. The number of nitrogens with zero attached hydrogens (tertiary/aromatic N) is 2. The number of carbonyl (C=O) groups excluding carboxylic acids is 1. The number of thioether (sulfide) groups is 1. The highest BCUT2D eigenvalue weighted by molar-refractivity contribution is 7.99. The third-order valence-corrected chi connectivity index (χ3v) is 3.99. The molecule has 118 valence electrons. The Labute approximate surface area is 132 Å². The number of rotatable bonds is 8. The third kappa shape index (κ3) is 4.57. The average molecular weight is 323 g/mol. The van der Waals surface area contributed by atoms with Crippen LogP contribution in [0.5, 0.6) is 0 Å². The zero-order valence-corrected chi connectivity index (χ0v) is 12.9. The van der Waals surface area contributed by atoms with Crippen LogP contribution in [0, 0.1) is 5.82 Å². The van der Waals surface area contributed by atoms with Gasteiger partial charge in [0.05, 0.1) is 11.8 Å². The normalized spacial score (nSPS) is 10.6. The van der Waals surface area contributed by atoms with Crippen LogP contribution in [-0.2, 0) is 0 Å². The molecular weight excluding hydrogens is 305 g/mol. The maximum atomic E-state index is 13.7. The van der Waals surface area contributed by atoms with Gasteiger partial charge < -0.3 is 10.4 Å². The van der Waals surface area contributed by atoms with Crippen LogP contribution in [0.15, 0.2) is 36.7 Å². The Morgan fingerprint density at radius 3 is 2.95 bits per heavy atom. The predicted octanol–water partition coefficient (Wildman–Crippen LogP) is 1.86. The molecule has 0 aliphatic heterocycles. The van der Waals surface area contributed by atoms with Crippen LogP contribution < -0.4 is 5.32 Å². The highest BCUT2D eigenvalue weighted by Crippen LogP contribution is 2.12. The van der Waals surface area contributed by atoms with E-state index in [0.717, 1.165) is 17.9 Å². The number of aromatic nitrogens is 2. The lowest BCUT2D eigenvalue weighted by Gasteiger charge is -2.03. The van der Waals surface area contributed by atoms with E-state index in [1.54, 1.807) is 30.0 Å². The van der Waals surface area contributed by atoms with Gasteiger partial charge in [-0.25, -0.2) is 9.07 Å². The van der Waals surface area contributed by atoms with E-state index in [0.29, 0.717) is 17.8 Å². The quantitative estimate of drug-likeness (QED) is 0.728. The first-order valence-corrected chi connectivity index (χ1v) is 8.14. The molecule has 7 heteroatoms. The summed E-state index contributed by atoms with van der Waals surface area (Å²) in [5.41, 5.74) is 0.699. The Balaban J connectivity index is 1.86. The number of para-hydroxylation sites is 1. The van der Waals surface area contributed by atoms with Crippen molar-refractivity contribution in [1.29, 1.82) is 0 Å². The molecular formula is C15H18FN3O2S. The van der Waals surface area contributed by atoms with E-state index >= 15 is 0 Å². The number of aliphatic hydroxyl groups excluding tert-OH is 1. The number of halogens is 1. The Kier molecular flexibility index (Phi) is 6.42. The van der Waals surface area contributed by atoms with Crippen molar-refractivity contribution in [2.75, 3.05) is 24.7 Å². The van der Waals surface area contributed by atoms with Gasteiger partial charge in [-0.3, -0.25) is 4.79 Å². The summed E-state index contributed by atoms with van der Waals surface area (Å²) in [5.74, 6) is 1.04. The topological polar surface area (TPSA) is 67.2 Å². The number of hydrogen-bond donors (Lipinski definition) is 2. The molecule has 2 N–H and O–H groups in total. The summed E-state index contributed by atoms with van der Waals surface area (Å²) < 4.78 is 15.0. The van der Waals surface area contributed by atoms with Crippen molar-refractivity contribution in [3.63, 3.8) is 0 Å². The van der Waals surface area contributed by atoms with E-state index in [1.807, 2.05) is 0 Å². The van der Waals surface area contributed by atoms with Crippen LogP contribution in [0.2, 0.25) is 0 Å². The van der Waals surface area contributed by atoms with Gasteiger partial charge in [0.2, 0.25) is 0 Å². The van der Waals surface area contributed by atoms with Gasteiger partial charge in [0.15, 0.2) is 0 Å². The number of hydrogen-bond acceptors (Lipinski definition) is 4. The number of benzene rings is 1. The van der Waals surface area contributed by atoms with E-state index in [1.165, 1.54) is 23.1 Å². The first kappa shape index (κ1) is 16.5. The molecule has 22 heavy (non-hydrogen) atoms. The monoisotopic (exact) mass is 323 g/mol. The Hall–Kier alpha value is -1.86. The smallest absolute Gasteiger partial charge is 0.254 e. The van der Waals surface area contributed by atoms with Gasteiger partial charge in [0.1, 0.15) is 11.5 Å². The molecule has 0 unspecified atom stereocenters. The molecule has 2 rings (SSSR count). The van der Waals surface area contributed by atoms with Crippen LogP contribution in [0.1, 0.15) is 16.8 Å². The van der Waals surface area contributed by atoms with Gasteiger partial charge >= 0.3 is 0 Å². The van der Waals surface area contributed by atoms with Crippen molar-refractivity contribution in [3.8, 4) is 5.69 Å². The van der Waals surface area contributed by atoms with Crippen LogP contribution >= 0.6 is 11.8 Å². The van der Waals surface area contributed by atoms with Crippen molar-refractivity contribution >= 4 is 17.7 Å². The van der Waals surface area contributed by atoms with E-state index in [4.69, 9.17) is 5.11 Å². The van der Waals surface area contributed by atoms with Gasteiger partial charge in [-0.2, -0.15) is 16.9 Å². The predicted molar refractivity (Wildman–Crippen MR) is 84.9 cm³/mol. The second-order valence-electron chi connectivity index (χ2n) is 4.57. The van der Waals surface area contributed by atoms with E-state index < -0.39 is 5.82 Å². The van der Waals surface area contributed by atoms with Crippen molar-refractivity contribution in [3.05, 3.63) is 48.0 Å². The minimum Gasteiger partial charge on any atom is -0.396 e. The molecule has 5 nitrogen and oxygen atoms in total. The molecule has 0 saturated carbocycles. The molecule has 0 fully saturated rings. The Morgan fingerprint density at radius 2 is 2.18 bits per heavy atom. The molecule has 1 aromatic heterocycles. The van der Waals surface area contributed by atoms with Crippen LogP contribution in [0.4, 0.5) is 4.39 Å². The SMILES string of the molecule is O=C(NCCSCCCO)c1cnn(-c2ccccc2F)c1. The summed E-state index contributed by atoms with van der Waals surface area (Å²) in [6.07, 6.45) is 3.68. The summed E-state index contributed by atoms with van der Waals surface area (Å²) in [4.78, 5) is 12.0. The van der Waals surface area contributed by atoms with Crippen LogP contribution in [0.25, 0.3) is 5.69 Å². The first-order valence-electron chi connectivity index (χ1n) is 6.98. The van der Waals surface area contributed by atoms with Crippen molar-refractivity contribution in [2.24, 2.45) is 0 Å². The fraction of sp³-hybridized carbons (Fsp3) is 0.333. The fourth-order valence-corrected chi connectivity index (χ4v) is 2.60. The minimum absolute atomic E-state index is 0.189. The lowest BCUT2D eigenvalue weighted by atomic mass is 10.3. The van der Waals surface area contributed by atoms with Crippen molar-refractivity contribution in [2.45, 2.75) is 6.42 Å². The second-order valence-corrected chi connectivity index (χ2v) is 5.80. The molecule has 0 saturated heterocycles. The molecule has 1 heterocycles. The van der Waals surface area contributed by atoms with Gasteiger partial charge in [0.25, 0.3) is 5.91 Å². The zero-order chi connectivity index (χ0) is 15.8. The molecule has 0 aliphatic rings. The first-order chi connectivity index (χ1) is 10.7. The highest BCUT2D eigenvalue weighted by atomic mass is 32.2. The summed E-state index contributed by atoms with van der Waals surface area (Å²) in [7, 11) is 0. The van der Waals surface area contributed by atoms with Crippen LogP contribution in [0.3, 0.4) is 0 Å². The summed E-state index contributed by atoms with van der Waals surface area (Å²) in [5, 5.41) is 15.5. The maximum Gasteiger partial charge on any atom is 0.254 e. The maximum absolute atomic E-state index is 13.7. The number of amides is 1. The molecule has 2 aromatic rings. The Bertz CT molecular complexity index is 618. The third-order valence-electron chi connectivity index (χ3n) is 2.92. The molecule has 1 amide bonds.